The summed E-state index contributed by atoms with van der Waals surface area (Å²) in [6.45, 7) is 2.97. The number of furan rings is 1. The average Bonchev–Trinajstić information content (AvgIpc) is 2.31. The molecule has 0 spiro atoms. The molecule has 0 aliphatic carbocycles. The Bertz CT molecular complexity index is 193. The van der Waals surface area contributed by atoms with Crippen LogP contribution >= 0.6 is 0 Å². The van der Waals surface area contributed by atoms with Crippen LogP contribution in [0.2, 0.25) is 0 Å². The second-order valence-electron chi connectivity index (χ2n) is 2.42. The summed E-state index contributed by atoms with van der Waals surface area (Å²) in [6.07, 6.45) is 2.86. The van der Waals surface area contributed by atoms with E-state index < -0.39 is 0 Å². The maximum Gasteiger partial charge on any atom is 0.100 e. The van der Waals surface area contributed by atoms with E-state index in [-0.39, 0.29) is 0 Å². The van der Waals surface area contributed by atoms with E-state index in [0.29, 0.717) is 0 Å². The van der Waals surface area contributed by atoms with Crippen LogP contribution in [-0.4, -0.2) is 13.6 Å². The van der Waals surface area contributed by atoms with Crippen molar-refractivity contribution in [1.82, 2.24) is 5.32 Å². The Morgan fingerprint density at radius 3 is 2.90 bits per heavy atom. The van der Waals surface area contributed by atoms with Crippen molar-refractivity contribution in [3.8, 4) is 0 Å². The molecule has 0 saturated heterocycles. The molecule has 0 atom stereocenters. The summed E-state index contributed by atoms with van der Waals surface area (Å²) in [6, 6.07) is 2.07. The molecule has 1 N–H and O–H groups in total. The van der Waals surface area contributed by atoms with Crippen LogP contribution in [-0.2, 0) is 6.42 Å². The van der Waals surface area contributed by atoms with Gasteiger partial charge >= 0.3 is 0 Å². The van der Waals surface area contributed by atoms with Crippen molar-refractivity contribution in [2.45, 2.75) is 13.3 Å². The summed E-state index contributed by atoms with van der Waals surface area (Å²) in [5.41, 5.74) is 1.27. The van der Waals surface area contributed by atoms with Crippen LogP contribution in [0.4, 0.5) is 0 Å². The van der Waals surface area contributed by atoms with E-state index in [4.69, 9.17) is 4.42 Å². The van der Waals surface area contributed by atoms with Crippen LogP contribution in [0.5, 0.6) is 0 Å². The summed E-state index contributed by atoms with van der Waals surface area (Å²) in [7, 11) is 1.95. The molecule has 1 aromatic rings. The first-order chi connectivity index (χ1) is 4.83. The van der Waals surface area contributed by atoms with Gasteiger partial charge in [-0.1, -0.05) is 0 Å². The molecule has 1 aromatic heterocycles. The lowest BCUT2D eigenvalue weighted by atomic mass is 10.2. The molecule has 0 bridgehead atoms. The van der Waals surface area contributed by atoms with Crippen molar-refractivity contribution in [3.05, 3.63) is 23.7 Å². The van der Waals surface area contributed by atoms with Crippen molar-refractivity contribution in [3.63, 3.8) is 0 Å². The fourth-order valence-corrected chi connectivity index (χ4v) is 0.898. The lowest BCUT2D eigenvalue weighted by Crippen LogP contribution is -2.09. The van der Waals surface area contributed by atoms with Gasteiger partial charge in [-0.25, -0.2) is 0 Å². The lowest BCUT2D eigenvalue weighted by molar-refractivity contribution is 0.531. The Labute approximate surface area is 61.2 Å². The minimum atomic E-state index is 0.992. The van der Waals surface area contributed by atoms with Crippen LogP contribution in [0.25, 0.3) is 0 Å². The molecule has 2 heteroatoms. The third-order valence-electron chi connectivity index (χ3n) is 1.45. The molecule has 0 aliphatic heterocycles. The van der Waals surface area contributed by atoms with Crippen molar-refractivity contribution < 1.29 is 4.42 Å². The fraction of sp³-hybridized carbons (Fsp3) is 0.500. The average molecular weight is 139 g/mol. The van der Waals surface area contributed by atoms with Crippen molar-refractivity contribution >= 4 is 0 Å². The zero-order valence-electron chi connectivity index (χ0n) is 6.48. The van der Waals surface area contributed by atoms with Crippen LogP contribution in [0.3, 0.4) is 0 Å². The molecule has 56 valence electrons. The van der Waals surface area contributed by atoms with Crippen molar-refractivity contribution in [2.75, 3.05) is 13.6 Å². The predicted octanol–water partition coefficient (Wildman–Crippen LogP) is 1.35. The maximum absolute atomic E-state index is 5.13. The van der Waals surface area contributed by atoms with Crippen LogP contribution in [0.1, 0.15) is 11.3 Å². The van der Waals surface area contributed by atoms with Crippen molar-refractivity contribution in [1.29, 1.82) is 0 Å². The van der Waals surface area contributed by atoms with E-state index in [1.807, 2.05) is 20.2 Å². The molecular weight excluding hydrogens is 126 g/mol. The summed E-state index contributed by atoms with van der Waals surface area (Å²) in [5, 5.41) is 3.08. The topological polar surface area (TPSA) is 25.2 Å². The Morgan fingerprint density at radius 2 is 2.40 bits per heavy atom. The summed E-state index contributed by atoms with van der Waals surface area (Å²) in [5.74, 6) is 0.992. The largest absolute Gasteiger partial charge is 0.469 e. The van der Waals surface area contributed by atoms with Gasteiger partial charge in [0, 0.05) is 0 Å². The Hall–Kier alpha value is -0.760. The normalized spacial score (nSPS) is 10.2. The highest BCUT2D eigenvalue weighted by Crippen LogP contribution is 2.05. The fourth-order valence-electron chi connectivity index (χ4n) is 0.898. The van der Waals surface area contributed by atoms with Crippen LogP contribution < -0.4 is 5.32 Å². The number of hydrogen-bond donors (Lipinski definition) is 1. The molecule has 0 fully saturated rings. The highest BCUT2D eigenvalue weighted by atomic mass is 16.3. The smallest absolute Gasteiger partial charge is 0.100 e. The molecule has 10 heavy (non-hydrogen) atoms. The van der Waals surface area contributed by atoms with Gasteiger partial charge in [0.1, 0.15) is 5.76 Å². The van der Waals surface area contributed by atoms with Gasteiger partial charge in [0.05, 0.1) is 6.26 Å². The van der Waals surface area contributed by atoms with Crippen molar-refractivity contribution in [2.24, 2.45) is 0 Å². The molecule has 0 radical (unpaired) electrons. The van der Waals surface area contributed by atoms with Gasteiger partial charge in [-0.2, -0.15) is 0 Å². The predicted molar refractivity (Wildman–Crippen MR) is 41.1 cm³/mol. The molecule has 0 unspecified atom stereocenters. The first kappa shape index (κ1) is 7.35. The van der Waals surface area contributed by atoms with E-state index in [2.05, 4.69) is 11.4 Å². The summed E-state index contributed by atoms with van der Waals surface area (Å²) in [4.78, 5) is 0. The molecule has 0 aromatic carbocycles. The molecular formula is C8H13NO. The van der Waals surface area contributed by atoms with E-state index in [1.165, 1.54) is 5.56 Å². The van der Waals surface area contributed by atoms with Gasteiger partial charge in [0.15, 0.2) is 0 Å². The second-order valence-corrected chi connectivity index (χ2v) is 2.42. The van der Waals surface area contributed by atoms with Gasteiger partial charge in [0.25, 0.3) is 0 Å². The lowest BCUT2D eigenvalue weighted by Gasteiger charge is -1.92. The molecule has 0 aliphatic rings. The number of rotatable bonds is 3. The minimum Gasteiger partial charge on any atom is -0.469 e. The zero-order chi connectivity index (χ0) is 7.40. The van der Waals surface area contributed by atoms with E-state index >= 15 is 0 Å². The van der Waals surface area contributed by atoms with Gasteiger partial charge < -0.3 is 9.73 Å². The third kappa shape index (κ3) is 1.88. The number of aryl methyl sites for hydroxylation is 1. The second kappa shape index (κ2) is 3.42. The molecule has 1 rings (SSSR count). The number of likely N-dealkylation sites (N-methyl/N-ethyl adjacent to an activating group) is 1. The summed E-state index contributed by atoms with van der Waals surface area (Å²) >= 11 is 0. The number of hydrogen-bond acceptors (Lipinski definition) is 2. The first-order valence-electron chi connectivity index (χ1n) is 3.51. The first-order valence-corrected chi connectivity index (χ1v) is 3.51. The molecule has 2 nitrogen and oxygen atoms in total. The van der Waals surface area contributed by atoms with E-state index in [0.717, 1.165) is 18.7 Å². The molecule has 0 saturated carbocycles. The Morgan fingerprint density at radius 1 is 1.60 bits per heavy atom. The molecule has 0 amide bonds. The van der Waals surface area contributed by atoms with Gasteiger partial charge in [-0.05, 0) is 38.6 Å². The van der Waals surface area contributed by atoms with Gasteiger partial charge in [-0.3, -0.25) is 0 Å². The Kier molecular flexibility index (Phi) is 2.51. The van der Waals surface area contributed by atoms with Gasteiger partial charge in [-0.15, -0.1) is 0 Å². The quantitative estimate of drug-likeness (QED) is 0.683. The van der Waals surface area contributed by atoms with Crippen LogP contribution in [0.15, 0.2) is 16.7 Å². The standard InChI is InChI=1S/C8H13NO/c1-7-5-8(6-10-7)3-4-9-2/h5-6,9H,3-4H2,1-2H3. The highest BCUT2D eigenvalue weighted by Gasteiger charge is 1.94. The Balaban J connectivity index is 2.42. The highest BCUT2D eigenvalue weighted by molar-refractivity contribution is 5.11. The minimum absolute atomic E-state index is 0.992. The van der Waals surface area contributed by atoms with E-state index in [1.54, 1.807) is 0 Å². The molecule has 1 heterocycles. The summed E-state index contributed by atoms with van der Waals surface area (Å²) < 4.78 is 5.13. The van der Waals surface area contributed by atoms with Crippen LogP contribution in [0, 0.1) is 6.92 Å². The maximum atomic E-state index is 5.13. The number of nitrogens with one attached hydrogen (secondary N) is 1. The zero-order valence-corrected chi connectivity index (χ0v) is 6.48. The monoisotopic (exact) mass is 139 g/mol. The third-order valence-corrected chi connectivity index (χ3v) is 1.45. The van der Waals surface area contributed by atoms with E-state index in [9.17, 15) is 0 Å². The van der Waals surface area contributed by atoms with Gasteiger partial charge in [0.2, 0.25) is 0 Å². The SMILES string of the molecule is CNCCc1coc(C)c1.